The third-order valence-corrected chi connectivity index (χ3v) is 8.40. The molecule has 4 N–H and O–H groups in total. The van der Waals surface area contributed by atoms with E-state index in [1.165, 1.54) is 116 Å². The molecule has 0 atom stereocenters. The highest BCUT2D eigenvalue weighted by atomic mass is 31.2. The van der Waals surface area contributed by atoms with Gasteiger partial charge in [-0.15, -0.1) is 0 Å². The van der Waals surface area contributed by atoms with Crippen LogP contribution in [0.4, 0.5) is 0 Å². The SMILES string of the molecule is CCCCCCCCCCCCCCP(=O)(O)O.CCCCCCCCCCCCCCP(=O)(O)O. The summed E-state index contributed by atoms with van der Waals surface area (Å²) >= 11 is 0. The quantitative estimate of drug-likeness (QED) is 0.0622. The molecule has 0 saturated carbocycles. The van der Waals surface area contributed by atoms with E-state index in [4.69, 9.17) is 19.6 Å². The molecular formula is C28H62O6P2. The maximum absolute atomic E-state index is 10.6. The highest BCUT2D eigenvalue weighted by Crippen LogP contribution is 2.36. The maximum Gasteiger partial charge on any atom is 0.325 e. The average molecular weight is 557 g/mol. The van der Waals surface area contributed by atoms with Crippen LogP contribution in [-0.2, 0) is 9.13 Å². The van der Waals surface area contributed by atoms with Gasteiger partial charge in [0.25, 0.3) is 0 Å². The van der Waals surface area contributed by atoms with Crippen molar-refractivity contribution in [1.29, 1.82) is 0 Å². The molecule has 8 heteroatoms. The van der Waals surface area contributed by atoms with E-state index in [0.29, 0.717) is 12.8 Å². The van der Waals surface area contributed by atoms with Crippen molar-refractivity contribution in [2.75, 3.05) is 12.3 Å². The normalized spacial score (nSPS) is 11.9. The fourth-order valence-corrected chi connectivity index (χ4v) is 5.59. The van der Waals surface area contributed by atoms with E-state index < -0.39 is 15.2 Å². The minimum absolute atomic E-state index is 0.0599. The molecule has 220 valence electrons. The molecule has 0 aliphatic heterocycles. The largest absolute Gasteiger partial charge is 0.325 e. The Bertz CT molecular complexity index is 472. The van der Waals surface area contributed by atoms with Gasteiger partial charge in [0.15, 0.2) is 0 Å². The molecule has 0 bridgehead atoms. The van der Waals surface area contributed by atoms with Crippen LogP contribution in [0.25, 0.3) is 0 Å². The molecule has 36 heavy (non-hydrogen) atoms. The van der Waals surface area contributed by atoms with Gasteiger partial charge in [-0.25, -0.2) is 0 Å². The summed E-state index contributed by atoms with van der Waals surface area (Å²) in [5.41, 5.74) is 0. The first-order valence-corrected chi connectivity index (χ1v) is 18.8. The molecule has 6 nitrogen and oxygen atoms in total. The first-order valence-electron chi connectivity index (χ1n) is 15.2. The Morgan fingerprint density at radius 2 is 0.500 bits per heavy atom. The third kappa shape index (κ3) is 41.4. The van der Waals surface area contributed by atoms with Crippen LogP contribution < -0.4 is 0 Å². The summed E-state index contributed by atoms with van der Waals surface area (Å²) in [7, 11) is -7.49. The van der Waals surface area contributed by atoms with Gasteiger partial charge in [0.1, 0.15) is 0 Å². The van der Waals surface area contributed by atoms with Crippen molar-refractivity contribution >= 4 is 15.2 Å². The lowest BCUT2D eigenvalue weighted by molar-refractivity contribution is 0.368. The van der Waals surface area contributed by atoms with Crippen molar-refractivity contribution in [2.24, 2.45) is 0 Å². The molecule has 0 spiro atoms. The summed E-state index contributed by atoms with van der Waals surface area (Å²) in [5.74, 6) is 0. The van der Waals surface area contributed by atoms with Gasteiger partial charge in [0, 0.05) is 12.3 Å². The predicted molar refractivity (Wildman–Crippen MR) is 156 cm³/mol. The Morgan fingerprint density at radius 1 is 0.333 bits per heavy atom. The Labute approximate surface area is 224 Å². The molecule has 0 aliphatic carbocycles. The number of hydrogen-bond donors (Lipinski definition) is 4. The van der Waals surface area contributed by atoms with Gasteiger partial charge in [-0.1, -0.05) is 155 Å². The number of unbranched alkanes of at least 4 members (excludes halogenated alkanes) is 22. The molecule has 0 aliphatic rings. The van der Waals surface area contributed by atoms with Gasteiger partial charge in [0.2, 0.25) is 0 Å². The Balaban J connectivity index is 0. The van der Waals surface area contributed by atoms with Crippen LogP contribution in [0.2, 0.25) is 0 Å². The Morgan fingerprint density at radius 3 is 0.667 bits per heavy atom. The average Bonchev–Trinajstić information content (AvgIpc) is 2.79. The molecule has 0 fully saturated rings. The van der Waals surface area contributed by atoms with Gasteiger partial charge >= 0.3 is 15.2 Å². The summed E-state index contributed by atoms with van der Waals surface area (Å²) in [5, 5.41) is 0. The zero-order valence-corrected chi connectivity index (χ0v) is 25.7. The van der Waals surface area contributed by atoms with E-state index in [1.54, 1.807) is 0 Å². The lowest BCUT2D eigenvalue weighted by Crippen LogP contribution is -1.88. The maximum atomic E-state index is 10.6. The zero-order valence-electron chi connectivity index (χ0n) is 23.9. The highest BCUT2D eigenvalue weighted by Gasteiger charge is 2.11. The molecule has 0 rings (SSSR count). The highest BCUT2D eigenvalue weighted by molar-refractivity contribution is 7.52. The summed E-state index contributed by atoms with van der Waals surface area (Å²) in [6, 6.07) is 0. The molecule has 0 saturated heterocycles. The van der Waals surface area contributed by atoms with E-state index in [1.807, 2.05) is 0 Å². The minimum atomic E-state index is -3.75. The van der Waals surface area contributed by atoms with Crippen molar-refractivity contribution in [2.45, 2.75) is 168 Å². The van der Waals surface area contributed by atoms with Crippen molar-refractivity contribution < 1.29 is 28.7 Å². The van der Waals surface area contributed by atoms with E-state index in [9.17, 15) is 9.13 Å². The summed E-state index contributed by atoms with van der Waals surface area (Å²) < 4.78 is 21.2. The summed E-state index contributed by atoms with van der Waals surface area (Å²) in [4.78, 5) is 34.8. The second-order valence-corrected chi connectivity index (χ2v) is 14.1. The van der Waals surface area contributed by atoms with Crippen molar-refractivity contribution in [3.05, 3.63) is 0 Å². The molecule has 0 radical (unpaired) electrons. The smallest absolute Gasteiger partial charge is 0.324 e. The molecule has 0 unspecified atom stereocenters. The number of hydrogen-bond acceptors (Lipinski definition) is 2. The van der Waals surface area contributed by atoms with Crippen LogP contribution >= 0.6 is 15.2 Å². The van der Waals surface area contributed by atoms with E-state index in [-0.39, 0.29) is 12.3 Å². The van der Waals surface area contributed by atoms with Crippen LogP contribution in [0.5, 0.6) is 0 Å². The monoisotopic (exact) mass is 556 g/mol. The van der Waals surface area contributed by atoms with E-state index in [0.717, 1.165) is 25.7 Å². The van der Waals surface area contributed by atoms with Crippen LogP contribution in [0, 0.1) is 0 Å². The first kappa shape index (κ1) is 38.4. The van der Waals surface area contributed by atoms with Crippen molar-refractivity contribution in [3.63, 3.8) is 0 Å². The fourth-order valence-electron chi connectivity index (χ4n) is 4.32. The molecule has 0 aromatic rings. The standard InChI is InChI=1S/2C14H31O3P/c2*1-2-3-4-5-6-7-8-9-10-11-12-13-14-18(15,16)17/h2*2-14H2,1H3,(H2,15,16,17). The second-order valence-electron chi connectivity index (χ2n) is 10.6. The van der Waals surface area contributed by atoms with Gasteiger partial charge in [-0.05, 0) is 12.8 Å². The Hall–Kier alpha value is 0.300. The van der Waals surface area contributed by atoms with Crippen LogP contribution in [0.3, 0.4) is 0 Å². The molecule has 0 heterocycles. The van der Waals surface area contributed by atoms with E-state index >= 15 is 0 Å². The van der Waals surface area contributed by atoms with Crippen molar-refractivity contribution in [3.8, 4) is 0 Å². The lowest BCUT2D eigenvalue weighted by atomic mass is 10.1. The van der Waals surface area contributed by atoms with E-state index in [2.05, 4.69) is 13.8 Å². The van der Waals surface area contributed by atoms with Crippen LogP contribution in [0.15, 0.2) is 0 Å². The van der Waals surface area contributed by atoms with Crippen LogP contribution in [-0.4, -0.2) is 31.9 Å². The molecule has 0 amide bonds. The zero-order chi connectivity index (χ0) is 27.4. The summed E-state index contributed by atoms with van der Waals surface area (Å²) in [6.07, 6.45) is 29.6. The molecule has 0 aromatic heterocycles. The van der Waals surface area contributed by atoms with Crippen molar-refractivity contribution in [1.82, 2.24) is 0 Å². The second kappa shape index (κ2) is 28.3. The minimum Gasteiger partial charge on any atom is -0.324 e. The van der Waals surface area contributed by atoms with Crippen LogP contribution in [0.1, 0.15) is 168 Å². The lowest BCUT2D eigenvalue weighted by Gasteiger charge is -2.04. The predicted octanol–water partition coefficient (Wildman–Crippen LogP) is 9.73. The van der Waals surface area contributed by atoms with Gasteiger partial charge < -0.3 is 19.6 Å². The molecule has 0 aromatic carbocycles. The van der Waals surface area contributed by atoms with Gasteiger partial charge in [-0.3, -0.25) is 9.13 Å². The van der Waals surface area contributed by atoms with Gasteiger partial charge in [-0.2, -0.15) is 0 Å². The topological polar surface area (TPSA) is 115 Å². The first-order chi connectivity index (χ1) is 17.1. The molecular weight excluding hydrogens is 494 g/mol. The van der Waals surface area contributed by atoms with Gasteiger partial charge in [0.05, 0.1) is 0 Å². The summed E-state index contributed by atoms with van der Waals surface area (Å²) in [6.45, 7) is 4.49. The third-order valence-electron chi connectivity index (χ3n) is 6.61. The number of rotatable bonds is 26. The fraction of sp³-hybridized carbons (Fsp3) is 1.00. The Kier molecular flexibility index (Phi) is 30.2.